The fourth-order valence-electron chi connectivity index (χ4n) is 2.55. The smallest absolute Gasteiger partial charge is 0.138 e. The van der Waals surface area contributed by atoms with Gasteiger partial charge < -0.3 is 0 Å². The van der Waals surface area contributed by atoms with E-state index in [0.717, 1.165) is 0 Å². The van der Waals surface area contributed by atoms with E-state index >= 15 is 0 Å². The quantitative estimate of drug-likeness (QED) is 0.532. The third-order valence-corrected chi connectivity index (χ3v) is 6.48. The predicted molar refractivity (Wildman–Crippen MR) is 101 cm³/mol. The van der Waals surface area contributed by atoms with Crippen LogP contribution in [-0.2, 0) is 4.84 Å². The van der Waals surface area contributed by atoms with Crippen LogP contribution < -0.4 is 5.48 Å². The first-order valence-corrected chi connectivity index (χ1v) is 9.01. The highest BCUT2D eigenvalue weighted by Crippen LogP contribution is 2.68. The molecule has 0 radical (unpaired) electrons. The van der Waals surface area contributed by atoms with Crippen LogP contribution in [0.25, 0.3) is 11.9 Å². The molecule has 0 aliphatic heterocycles. The van der Waals surface area contributed by atoms with Crippen LogP contribution in [0.15, 0.2) is 30.9 Å². The second kappa shape index (κ2) is 6.97. The van der Waals surface area contributed by atoms with Crippen molar-refractivity contribution in [1.29, 1.82) is 0 Å². The molecule has 1 aliphatic rings. The van der Waals surface area contributed by atoms with Crippen LogP contribution in [0.5, 0.6) is 0 Å². The Kier molecular flexibility index (Phi) is 5.24. The van der Waals surface area contributed by atoms with Gasteiger partial charge in [-0.25, -0.2) is 9.67 Å². The number of benzene rings is 1. The molecule has 0 spiro atoms. The molecule has 1 atom stereocenters. The molecule has 1 fully saturated rings. The topological polar surface area (TPSA) is 52.0 Å². The molecule has 1 unspecified atom stereocenters. The van der Waals surface area contributed by atoms with Crippen LogP contribution in [0.2, 0.25) is 10.0 Å². The standard InChI is InChI=1S/C16H16Cl4N4O/c1-15(2)14(16(15,19)20)7-25-23-13(6-24-9-21-8-22-24)11-4-3-10(17)5-12(11)18/h3-6,8-9,14,23H,7H2,1-2H3. The number of hydrogen-bond donors (Lipinski definition) is 1. The second-order valence-electron chi connectivity index (χ2n) is 6.35. The first kappa shape index (κ1) is 18.8. The summed E-state index contributed by atoms with van der Waals surface area (Å²) in [5.74, 6) is 0.0177. The van der Waals surface area contributed by atoms with Crippen molar-refractivity contribution in [2.75, 3.05) is 6.61 Å². The Morgan fingerprint density at radius 1 is 1.36 bits per heavy atom. The van der Waals surface area contributed by atoms with Crippen molar-refractivity contribution in [3.63, 3.8) is 0 Å². The monoisotopic (exact) mass is 420 g/mol. The van der Waals surface area contributed by atoms with Gasteiger partial charge in [-0.1, -0.05) is 37.0 Å². The summed E-state index contributed by atoms with van der Waals surface area (Å²) in [6, 6.07) is 5.19. The minimum Gasteiger partial charge on any atom is -0.276 e. The Bertz CT molecular complexity index is 775. The van der Waals surface area contributed by atoms with Crippen LogP contribution >= 0.6 is 46.4 Å². The van der Waals surface area contributed by atoms with E-state index in [2.05, 4.69) is 15.6 Å². The molecule has 9 heteroatoms. The Morgan fingerprint density at radius 2 is 2.08 bits per heavy atom. The van der Waals surface area contributed by atoms with Crippen molar-refractivity contribution >= 4 is 58.3 Å². The maximum atomic E-state index is 6.30. The number of hydrogen-bond acceptors (Lipinski definition) is 4. The zero-order chi connectivity index (χ0) is 18.2. The molecule has 1 heterocycles. The van der Waals surface area contributed by atoms with Crippen LogP contribution in [0, 0.1) is 11.3 Å². The van der Waals surface area contributed by atoms with Crippen molar-refractivity contribution in [3.8, 4) is 0 Å². The maximum absolute atomic E-state index is 6.30. The summed E-state index contributed by atoms with van der Waals surface area (Å²) in [5.41, 5.74) is 4.01. The van der Waals surface area contributed by atoms with Crippen LogP contribution in [0.3, 0.4) is 0 Å². The summed E-state index contributed by atoms with van der Waals surface area (Å²) in [6.45, 7) is 4.35. The van der Waals surface area contributed by atoms with Crippen LogP contribution in [0.1, 0.15) is 19.4 Å². The van der Waals surface area contributed by atoms with Gasteiger partial charge in [-0.15, -0.1) is 23.2 Å². The average molecular weight is 422 g/mol. The summed E-state index contributed by atoms with van der Waals surface area (Å²) in [5, 5.41) is 5.08. The lowest BCUT2D eigenvalue weighted by Gasteiger charge is -2.13. The van der Waals surface area contributed by atoms with Crippen molar-refractivity contribution in [2.24, 2.45) is 11.3 Å². The number of nitrogens with zero attached hydrogens (tertiary/aromatic N) is 3. The summed E-state index contributed by atoms with van der Waals surface area (Å²) in [7, 11) is 0. The summed E-state index contributed by atoms with van der Waals surface area (Å²) < 4.78 is 0.744. The highest BCUT2D eigenvalue weighted by atomic mass is 35.5. The van der Waals surface area contributed by atoms with Gasteiger partial charge in [-0.2, -0.15) is 5.10 Å². The molecule has 3 rings (SSSR count). The molecule has 1 aromatic heterocycles. The van der Waals surface area contributed by atoms with E-state index in [0.29, 0.717) is 27.9 Å². The van der Waals surface area contributed by atoms with Gasteiger partial charge in [0, 0.05) is 21.9 Å². The Hall–Kier alpha value is -0.980. The van der Waals surface area contributed by atoms with Crippen molar-refractivity contribution in [2.45, 2.75) is 18.2 Å². The summed E-state index contributed by atoms with van der Waals surface area (Å²) >= 11 is 24.8. The molecule has 134 valence electrons. The van der Waals surface area contributed by atoms with Crippen molar-refractivity contribution in [3.05, 3.63) is 46.5 Å². The number of hydroxylamine groups is 1. The fourth-order valence-corrected chi connectivity index (χ4v) is 3.88. The number of nitrogens with one attached hydrogen (secondary N) is 1. The minimum absolute atomic E-state index is 0.0177. The minimum atomic E-state index is -0.789. The third kappa shape index (κ3) is 3.76. The van der Waals surface area contributed by atoms with Gasteiger partial charge in [0.05, 0.1) is 23.5 Å². The second-order valence-corrected chi connectivity index (χ2v) is 8.58. The average Bonchev–Trinajstić information content (AvgIpc) is 2.90. The molecule has 0 bridgehead atoms. The summed E-state index contributed by atoms with van der Waals surface area (Å²) in [6.07, 6.45) is 4.69. The predicted octanol–water partition coefficient (Wildman–Crippen LogP) is 4.89. The molecule has 2 aromatic rings. The van der Waals surface area contributed by atoms with Gasteiger partial charge in [0.1, 0.15) is 17.0 Å². The molecule has 0 amide bonds. The van der Waals surface area contributed by atoms with Crippen molar-refractivity contribution < 1.29 is 4.84 Å². The van der Waals surface area contributed by atoms with Crippen LogP contribution in [0.4, 0.5) is 0 Å². The maximum Gasteiger partial charge on any atom is 0.138 e. The van der Waals surface area contributed by atoms with Gasteiger partial charge in [-0.3, -0.25) is 10.3 Å². The first-order chi connectivity index (χ1) is 11.7. The van der Waals surface area contributed by atoms with E-state index in [1.807, 2.05) is 13.8 Å². The number of aromatic nitrogens is 3. The van der Waals surface area contributed by atoms with E-state index in [9.17, 15) is 0 Å². The number of halogens is 4. The van der Waals surface area contributed by atoms with E-state index in [1.54, 1.807) is 30.7 Å². The largest absolute Gasteiger partial charge is 0.276 e. The van der Waals surface area contributed by atoms with Gasteiger partial charge in [0.25, 0.3) is 0 Å². The number of rotatable bonds is 6. The SMILES string of the molecule is CC1(C)C(CONC(=Cn2cncn2)c2ccc(Cl)cc2Cl)C1(Cl)Cl. The molecule has 1 aliphatic carbocycles. The van der Waals surface area contributed by atoms with E-state index in [4.69, 9.17) is 51.2 Å². The van der Waals surface area contributed by atoms with Gasteiger partial charge in [0.15, 0.2) is 0 Å². The molecule has 25 heavy (non-hydrogen) atoms. The van der Waals surface area contributed by atoms with E-state index in [1.165, 1.54) is 11.0 Å². The Labute approximate surface area is 165 Å². The molecular formula is C16H16Cl4N4O. The highest BCUT2D eigenvalue weighted by molar-refractivity contribution is 6.51. The van der Waals surface area contributed by atoms with Gasteiger partial charge >= 0.3 is 0 Å². The number of alkyl halides is 2. The molecule has 1 aromatic carbocycles. The Balaban J connectivity index is 1.76. The first-order valence-electron chi connectivity index (χ1n) is 7.50. The highest BCUT2D eigenvalue weighted by Gasteiger charge is 2.70. The molecular weight excluding hydrogens is 406 g/mol. The van der Waals surface area contributed by atoms with Crippen LogP contribution in [-0.4, -0.2) is 25.7 Å². The molecule has 0 saturated heterocycles. The zero-order valence-corrected chi connectivity index (χ0v) is 16.5. The fraction of sp³-hybridized carbons (Fsp3) is 0.375. The third-order valence-electron chi connectivity index (χ3n) is 4.44. The van der Waals surface area contributed by atoms with E-state index in [-0.39, 0.29) is 11.3 Å². The summed E-state index contributed by atoms with van der Waals surface area (Å²) in [4.78, 5) is 9.55. The van der Waals surface area contributed by atoms with Crippen molar-refractivity contribution in [1.82, 2.24) is 20.2 Å². The molecule has 5 nitrogen and oxygen atoms in total. The van der Waals surface area contributed by atoms with E-state index < -0.39 is 4.33 Å². The lowest BCUT2D eigenvalue weighted by molar-refractivity contribution is 0.0637. The lowest BCUT2D eigenvalue weighted by atomic mass is 10.1. The Morgan fingerprint density at radius 3 is 2.64 bits per heavy atom. The lowest BCUT2D eigenvalue weighted by Crippen LogP contribution is -2.17. The van der Waals surface area contributed by atoms with Gasteiger partial charge in [0.2, 0.25) is 0 Å². The molecule has 1 saturated carbocycles. The molecule has 1 N–H and O–H groups in total. The van der Waals surface area contributed by atoms with Gasteiger partial charge in [-0.05, 0) is 18.2 Å². The normalized spacial score (nSPS) is 21.2. The zero-order valence-electron chi connectivity index (χ0n) is 13.5.